The predicted octanol–water partition coefficient (Wildman–Crippen LogP) is 3.39. The van der Waals surface area contributed by atoms with Gasteiger partial charge in [0.15, 0.2) is 4.96 Å². The Bertz CT molecular complexity index is 1320. The molecule has 0 aliphatic carbocycles. The molecule has 0 spiro atoms. The Morgan fingerprint density at radius 2 is 1.72 bits per heavy atom. The van der Waals surface area contributed by atoms with E-state index in [1.807, 2.05) is 60.0 Å². The van der Waals surface area contributed by atoms with Crippen LogP contribution in [0.3, 0.4) is 0 Å². The molecule has 32 heavy (non-hydrogen) atoms. The van der Waals surface area contributed by atoms with Gasteiger partial charge in [-0.3, -0.25) is 14.0 Å². The smallest absolute Gasteiger partial charge is 0.271 e. The van der Waals surface area contributed by atoms with Crippen molar-refractivity contribution in [3.8, 4) is 17.0 Å². The van der Waals surface area contributed by atoms with Crippen LogP contribution in [0.2, 0.25) is 0 Å². The van der Waals surface area contributed by atoms with E-state index in [0.717, 1.165) is 22.7 Å². The minimum atomic E-state index is -0.327. The van der Waals surface area contributed by atoms with Crippen LogP contribution in [0.5, 0.6) is 5.75 Å². The Kier molecular flexibility index (Phi) is 5.36. The Morgan fingerprint density at radius 3 is 2.47 bits per heavy atom. The van der Waals surface area contributed by atoms with Gasteiger partial charge in [-0.05, 0) is 17.7 Å². The van der Waals surface area contributed by atoms with Gasteiger partial charge in [0.25, 0.3) is 11.5 Å². The molecule has 1 aliphatic heterocycles. The van der Waals surface area contributed by atoms with Crippen molar-refractivity contribution < 1.29 is 9.53 Å². The fraction of sp³-hybridized carbons (Fsp3) is 0.208. The van der Waals surface area contributed by atoms with Crippen molar-refractivity contribution in [1.29, 1.82) is 0 Å². The minimum Gasteiger partial charge on any atom is -0.495 e. The lowest BCUT2D eigenvalue weighted by Gasteiger charge is -2.36. The van der Waals surface area contributed by atoms with Gasteiger partial charge in [-0.15, -0.1) is 11.3 Å². The van der Waals surface area contributed by atoms with Crippen LogP contribution in [0.4, 0.5) is 5.69 Å². The second-order valence-corrected chi connectivity index (χ2v) is 8.37. The van der Waals surface area contributed by atoms with E-state index in [1.165, 1.54) is 21.9 Å². The molecule has 1 aliphatic rings. The fourth-order valence-electron chi connectivity index (χ4n) is 4.06. The van der Waals surface area contributed by atoms with Gasteiger partial charge in [-0.25, -0.2) is 4.98 Å². The third kappa shape index (κ3) is 3.52. The molecule has 1 amide bonds. The zero-order valence-corrected chi connectivity index (χ0v) is 18.4. The molecule has 0 radical (unpaired) electrons. The molecule has 1 saturated heterocycles. The molecule has 5 rings (SSSR count). The summed E-state index contributed by atoms with van der Waals surface area (Å²) in [6.45, 7) is 2.37. The Labute approximate surface area is 189 Å². The largest absolute Gasteiger partial charge is 0.495 e. The summed E-state index contributed by atoms with van der Waals surface area (Å²) in [6, 6.07) is 17.5. The number of ether oxygens (including phenoxy) is 1. The molecule has 4 aromatic rings. The number of nitrogens with zero attached hydrogens (tertiary/aromatic N) is 4. The second-order valence-electron chi connectivity index (χ2n) is 7.53. The Hall–Kier alpha value is -3.65. The summed E-state index contributed by atoms with van der Waals surface area (Å²) in [5, 5.41) is 1.90. The quantitative estimate of drug-likeness (QED) is 0.481. The van der Waals surface area contributed by atoms with Crippen LogP contribution in [0, 0.1) is 0 Å². The van der Waals surface area contributed by atoms with Crippen molar-refractivity contribution in [2.24, 2.45) is 0 Å². The first-order valence-corrected chi connectivity index (χ1v) is 11.3. The lowest BCUT2D eigenvalue weighted by molar-refractivity contribution is 0.0744. The number of benzene rings is 2. The average molecular weight is 447 g/mol. The molecule has 0 N–H and O–H groups in total. The second kappa shape index (κ2) is 8.47. The van der Waals surface area contributed by atoms with Crippen LogP contribution in [-0.4, -0.2) is 53.5 Å². The maximum atomic E-state index is 13.3. The van der Waals surface area contributed by atoms with Crippen molar-refractivity contribution in [2.45, 2.75) is 0 Å². The zero-order chi connectivity index (χ0) is 22.1. The van der Waals surface area contributed by atoms with E-state index in [1.54, 1.807) is 12.0 Å². The van der Waals surface area contributed by atoms with Gasteiger partial charge < -0.3 is 14.5 Å². The van der Waals surface area contributed by atoms with Crippen LogP contribution in [0.25, 0.3) is 16.2 Å². The topological polar surface area (TPSA) is 67.2 Å². The molecule has 2 aromatic carbocycles. The molecule has 2 aromatic heterocycles. The molecule has 3 heterocycles. The van der Waals surface area contributed by atoms with Gasteiger partial charge in [0.05, 0.1) is 18.5 Å². The van der Waals surface area contributed by atoms with Gasteiger partial charge in [-0.1, -0.05) is 42.5 Å². The molecule has 0 unspecified atom stereocenters. The van der Waals surface area contributed by atoms with Crippen molar-refractivity contribution in [3.05, 3.63) is 82.1 Å². The number of methoxy groups -OCH3 is 1. The SMILES string of the molecule is COc1ccccc1N1CCN(C(=O)c2cnc3scc(-c4ccccc4)n3c2=O)CC1. The minimum absolute atomic E-state index is 0.101. The number of anilines is 1. The average Bonchev–Trinajstić information content (AvgIpc) is 3.30. The Morgan fingerprint density at radius 1 is 1.00 bits per heavy atom. The molecule has 0 bridgehead atoms. The highest BCUT2D eigenvalue weighted by atomic mass is 32.1. The highest BCUT2D eigenvalue weighted by molar-refractivity contribution is 7.15. The molecular formula is C24H22N4O3S. The number of carbonyl (C=O) groups excluding carboxylic acids is 1. The fourth-order valence-corrected chi connectivity index (χ4v) is 4.92. The number of carbonyl (C=O) groups is 1. The van der Waals surface area contributed by atoms with Crippen molar-refractivity contribution in [2.75, 3.05) is 38.2 Å². The monoisotopic (exact) mass is 446 g/mol. The van der Waals surface area contributed by atoms with Crippen LogP contribution < -0.4 is 15.2 Å². The summed E-state index contributed by atoms with van der Waals surface area (Å²) in [5.41, 5.74) is 2.45. The highest BCUT2D eigenvalue weighted by Crippen LogP contribution is 2.28. The maximum Gasteiger partial charge on any atom is 0.271 e. The third-order valence-electron chi connectivity index (χ3n) is 5.74. The summed E-state index contributed by atoms with van der Waals surface area (Å²) < 4.78 is 7.01. The van der Waals surface area contributed by atoms with Crippen LogP contribution in [0.1, 0.15) is 10.4 Å². The lowest BCUT2D eigenvalue weighted by atomic mass is 10.2. The number of rotatable bonds is 4. The highest BCUT2D eigenvalue weighted by Gasteiger charge is 2.26. The predicted molar refractivity (Wildman–Crippen MR) is 126 cm³/mol. The molecule has 8 heteroatoms. The molecular weight excluding hydrogens is 424 g/mol. The van der Waals surface area contributed by atoms with E-state index in [9.17, 15) is 9.59 Å². The molecule has 1 fully saturated rings. The van der Waals surface area contributed by atoms with Crippen LogP contribution in [0.15, 0.2) is 71.0 Å². The first-order chi connectivity index (χ1) is 15.7. The summed E-state index contributed by atoms with van der Waals surface area (Å²) in [6.07, 6.45) is 1.41. The molecule has 0 saturated carbocycles. The molecule has 7 nitrogen and oxygen atoms in total. The van der Waals surface area contributed by atoms with E-state index in [2.05, 4.69) is 9.88 Å². The summed E-state index contributed by atoms with van der Waals surface area (Å²) in [4.78, 5) is 35.4. The number of thiazole rings is 1. The standard InChI is InChI=1S/C24H22N4O3S/c1-31-21-10-6-5-9-19(21)26-11-13-27(14-12-26)22(29)18-15-25-24-28(23(18)30)20(16-32-24)17-7-3-2-4-8-17/h2-10,15-16H,11-14H2,1H3. The first-order valence-electron chi connectivity index (χ1n) is 10.4. The number of amides is 1. The maximum absolute atomic E-state index is 13.3. The lowest BCUT2D eigenvalue weighted by Crippen LogP contribution is -2.49. The van der Waals surface area contributed by atoms with E-state index < -0.39 is 0 Å². The van der Waals surface area contributed by atoms with Gasteiger partial charge in [0.1, 0.15) is 11.3 Å². The van der Waals surface area contributed by atoms with Gasteiger partial charge >= 0.3 is 0 Å². The van der Waals surface area contributed by atoms with Gasteiger partial charge in [-0.2, -0.15) is 0 Å². The number of hydrogen-bond acceptors (Lipinski definition) is 6. The molecule has 0 atom stereocenters. The third-order valence-corrected chi connectivity index (χ3v) is 6.58. The zero-order valence-electron chi connectivity index (χ0n) is 17.6. The summed E-state index contributed by atoms with van der Waals surface area (Å²) in [7, 11) is 1.66. The van der Waals surface area contributed by atoms with Crippen LogP contribution >= 0.6 is 11.3 Å². The first kappa shape index (κ1) is 20.3. The summed E-state index contributed by atoms with van der Waals surface area (Å²) >= 11 is 1.39. The van der Waals surface area contributed by atoms with Crippen molar-refractivity contribution in [1.82, 2.24) is 14.3 Å². The van der Waals surface area contributed by atoms with Gasteiger partial charge in [0.2, 0.25) is 0 Å². The normalized spacial score (nSPS) is 14.0. The van der Waals surface area contributed by atoms with E-state index >= 15 is 0 Å². The van der Waals surface area contributed by atoms with Crippen LogP contribution in [-0.2, 0) is 0 Å². The van der Waals surface area contributed by atoms with E-state index in [4.69, 9.17) is 4.74 Å². The van der Waals surface area contributed by atoms with Gasteiger partial charge in [0, 0.05) is 37.8 Å². The molecule has 162 valence electrons. The van der Waals surface area contributed by atoms with E-state index in [0.29, 0.717) is 31.1 Å². The van der Waals surface area contributed by atoms with Crippen molar-refractivity contribution in [3.63, 3.8) is 0 Å². The number of piperazine rings is 1. The number of hydrogen-bond donors (Lipinski definition) is 0. The number of aromatic nitrogens is 2. The van der Waals surface area contributed by atoms with E-state index in [-0.39, 0.29) is 17.0 Å². The summed E-state index contributed by atoms with van der Waals surface area (Å²) in [5.74, 6) is 0.535. The number of fused-ring (bicyclic) bond motifs is 1. The Balaban J connectivity index is 1.40. The van der Waals surface area contributed by atoms with Crippen molar-refractivity contribution >= 4 is 27.9 Å². The number of para-hydroxylation sites is 2.